The highest BCUT2D eigenvalue weighted by Crippen LogP contribution is 2.31. The fourth-order valence-electron chi connectivity index (χ4n) is 3.00. The first-order valence-electron chi connectivity index (χ1n) is 7.75. The third-order valence-electron chi connectivity index (χ3n) is 4.21. The summed E-state index contributed by atoms with van der Waals surface area (Å²) < 4.78 is 28.2. The van der Waals surface area contributed by atoms with Gasteiger partial charge in [-0.2, -0.15) is 18.1 Å². The van der Waals surface area contributed by atoms with Crippen LogP contribution in [0.2, 0.25) is 0 Å². The number of rotatable bonds is 2. The van der Waals surface area contributed by atoms with Crippen molar-refractivity contribution in [3.8, 4) is 6.07 Å². The molecular formula is C18H12N4O3S. The first-order valence-corrected chi connectivity index (χ1v) is 9.19. The van der Waals surface area contributed by atoms with E-state index in [4.69, 9.17) is 0 Å². The average molecular weight is 364 g/mol. The van der Waals surface area contributed by atoms with E-state index in [1.165, 1.54) is 6.07 Å². The van der Waals surface area contributed by atoms with Crippen LogP contribution < -0.4 is 5.56 Å². The van der Waals surface area contributed by atoms with E-state index in [1.54, 1.807) is 30.3 Å². The monoisotopic (exact) mass is 364 g/mol. The summed E-state index contributed by atoms with van der Waals surface area (Å²) in [4.78, 5) is 19.4. The van der Waals surface area contributed by atoms with E-state index < -0.39 is 15.9 Å². The van der Waals surface area contributed by atoms with E-state index in [0.29, 0.717) is 16.5 Å². The van der Waals surface area contributed by atoms with E-state index in [9.17, 15) is 18.5 Å². The molecule has 1 aliphatic rings. The molecule has 128 valence electrons. The number of hydrogen-bond acceptors (Lipinski definition) is 5. The number of aromatic amines is 1. The second-order valence-corrected chi connectivity index (χ2v) is 7.55. The van der Waals surface area contributed by atoms with Crippen LogP contribution in [0.15, 0.2) is 56.6 Å². The van der Waals surface area contributed by atoms with Crippen LogP contribution in [-0.4, -0.2) is 24.1 Å². The van der Waals surface area contributed by atoms with Crippen molar-refractivity contribution < 1.29 is 8.42 Å². The molecule has 3 aromatic rings. The number of hydrogen-bond donors (Lipinski definition) is 1. The van der Waals surface area contributed by atoms with Crippen molar-refractivity contribution in [2.45, 2.75) is 17.7 Å². The third-order valence-corrected chi connectivity index (χ3v) is 5.56. The second kappa shape index (κ2) is 5.61. The number of nitrogens with one attached hydrogen (secondary N) is 1. The summed E-state index contributed by atoms with van der Waals surface area (Å²) in [6, 6.07) is 13.5. The molecule has 1 N–H and O–H groups in total. The summed E-state index contributed by atoms with van der Waals surface area (Å²) in [5, 5.41) is 10.1. The minimum Gasteiger partial charge on any atom is -0.309 e. The van der Waals surface area contributed by atoms with Crippen molar-refractivity contribution >= 4 is 26.6 Å². The zero-order valence-corrected chi connectivity index (χ0v) is 14.4. The largest absolute Gasteiger partial charge is 0.309 e. The molecule has 26 heavy (non-hydrogen) atoms. The molecule has 0 spiro atoms. The lowest BCUT2D eigenvalue weighted by molar-refractivity contribution is 0.599. The van der Waals surface area contributed by atoms with Crippen LogP contribution in [-0.2, 0) is 10.0 Å². The molecule has 0 aliphatic carbocycles. The van der Waals surface area contributed by atoms with Gasteiger partial charge in [0, 0.05) is 5.56 Å². The minimum absolute atomic E-state index is 0.0500. The lowest BCUT2D eigenvalue weighted by Gasteiger charge is -2.10. The molecule has 2 aromatic carbocycles. The third kappa shape index (κ3) is 2.41. The minimum atomic E-state index is -3.86. The Bertz CT molecular complexity index is 1300. The van der Waals surface area contributed by atoms with Gasteiger partial charge < -0.3 is 4.98 Å². The molecule has 7 nitrogen and oxygen atoms in total. The summed E-state index contributed by atoms with van der Waals surface area (Å²) >= 11 is 0. The van der Waals surface area contributed by atoms with Gasteiger partial charge in [-0.3, -0.25) is 4.79 Å². The SMILES string of the molecule is Cc1ccc2nc(C(C#N)C3=NS(=O)(=O)c4ccccc43)[nH]c(=O)c2c1. The Balaban J connectivity index is 1.93. The van der Waals surface area contributed by atoms with Gasteiger partial charge >= 0.3 is 0 Å². The molecule has 0 amide bonds. The molecule has 1 aliphatic heterocycles. The zero-order chi connectivity index (χ0) is 18.5. The highest BCUT2D eigenvalue weighted by Gasteiger charge is 2.34. The van der Waals surface area contributed by atoms with Crippen LogP contribution in [0.5, 0.6) is 0 Å². The molecule has 1 aromatic heterocycles. The highest BCUT2D eigenvalue weighted by atomic mass is 32.2. The molecule has 0 saturated carbocycles. The van der Waals surface area contributed by atoms with Crippen LogP contribution in [0.25, 0.3) is 10.9 Å². The predicted octanol–water partition coefficient (Wildman–Crippen LogP) is 2.03. The van der Waals surface area contributed by atoms with E-state index in [-0.39, 0.29) is 22.0 Å². The van der Waals surface area contributed by atoms with Crippen molar-refractivity contribution in [3.05, 3.63) is 69.8 Å². The van der Waals surface area contributed by atoms with Gasteiger partial charge in [-0.15, -0.1) is 0 Å². The standard InChI is InChI=1S/C18H12N4O3S/c1-10-6-7-14-12(8-10)18(23)21-17(20-14)13(9-19)16-11-4-2-3-5-15(11)26(24,25)22-16/h2-8,13H,1H3,(H,20,21,23). The molecule has 2 heterocycles. The van der Waals surface area contributed by atoms with Gasteiger partial charge in [-0.25, -0.2) is 4.98 Å². The number of nitriles is 1. The number of sulfonamides is 1. The van der Waals surface area contributed by atoms with Crippen LogP contribution in [0.3, 0.4) is 0 Å². The van der Waals surface area contributed by atoms with E-state index >= 15 is 0 Å². The number of nitrogens with zero attached hydrogens (tertiary/aromatic N) is 3. The first kappa shape index (κ1) is 16.2. The number of H-pyrrole nitrogens is 1. The second-order valence-electron chi connectivity index (χ2n) is 5.98. The topological polar surface area (TPSA) is 116 Å². The molecule has 8 heteroatoms. The summed E-state index contributed by atoms with van der Waals surface area (Å²) in [6.07, 6.45) is 0. The number of aryl methyl sites for hydroxylation is 1. The fraction of sp³-hybridized carbons (Fsp3) is 0.111. The summed E-state index contributed by atoms with van der Waals surface area (Å²) in [7, 11) is -3.86. The van der Waals surface area contributed by atoms with E-state index in [2.05, 4.69) is 14.4 Å². The quantitative estimate of drug-likeness (QED) is 0.747. The van der Waals surface area contributed by atoms with Crippen molar-refractivity contribution in [2.24, 2.45) is 4.40 Å². The summed E-state index contributed by atoms with van der Waals surface area (Å²) in [6.45, 7) is 1.86. The maximum absolute atomic E-state index is 12.4. The molecule has 4 rings (SSSR count). The van der Waals surface area contributed by atoms with Gasteiger partial charge in [-0.1, -0.05) is 29.8 Å². The number of benzene rings is 2. The van der Waals surface area contributed by atoms with Gasteiger partial charge in [0.25, 0.3) is 15.6 Å². The molecule has 1 atom stereocenters. The van der Waals surface area contributed by atoms with Crippen molar-refractivity contribution in [1.29, 1.82) is 5.26 Å². The normalized spacial score (nSPS) is 15.9. The Morgan fingerprint density at radius 3 is 2.73 bits per heavy atom. The average Bonchev–Trinajstić information content (AvgIpc) is 2.88. The summed E-state index contributed by atoms with van der Waals surface area (Å²) in [5.41, 5.74) is 1.38. The van der Waals surface area contributed by atoms with Gasteiger partial charge in [0.15, 0.2) is 0 Å². The maximum Gasteiger partial charge on any atom is 0.283 e. The lowest BCUT2D eigenvalue weighted by Crippen LogP contribution is -2.19. The Morgan fingerprint density at radius 2 is 1.96 bits per heavy atom. The molecule has 0 radical (unpaired) electrons. The van der Waals surface area contributed by atoms with Crippen LogP contribution in [0.4, 0.5) is 0 Å². The van der Waals surface area contributed by atoms with Crippen molar-refractivity contribution in [2.75, 3.05) is 0 Å². The summed E-state index contributed by atoms with van der Waals surface area (Å²) in [5.74, 6) is -1.04. The molecule has 0 saturated heterocycles. The Kier molecular flexibility index (Phi) is 3.49. The number of aromatic nitrogens is 2. The Labute approximate surface area is 148 Å². The highest BCUT2D eigenvalue weighted by molar-refractivity contribution is 7.90. The van der Waals surface area contributed by atoms with Crippen LogP contribution >= 0.6 is 0 Å². The van der Waals surface area contributed by atoms with E-state index in [1.807, 2.05) is 19.1 Å². The predicted molar refractivity (Wildman–Crippen MR) is 95.6 cm³/mol. The van der Waals surface area contributed by atoms with Gasteiger partial charge in [-0.05, 0) is 25.1 Å². The van der Waals surface area contributed by atoms with Crippen molar-refractivity contribution in [1.82, 2.24) is 9.97 Å². The molecule has 0 bridgehead atoms. The zero-order valence-electron chi connectivity index (χ0n) is 13.6. The van der Waals surface area contributed by atoms with Crippen molar-refractivity contribution in [3.63, 3.8) is 0 Å². The lowest BCUT2D eigenvalue weighted by atomic mass is 9.97. The smallest absolute Gasteiger partial charge is 0.283 e. The fourth-order valence-corrected chi connectivity index (χ4v) is 4.26. The Morgan fingerprint density at radius 1 is 1.19 bits per heavy atom. The van der Waals surface area contributed by atoms with Crippen LogP contribution in [0, 0.1) is 18.3 Å². The van der Waals surface area contributed by atoms with E-state index in [0.717, 1.165) is 5.56 Å². The number of fused-ring (bicyclic) bond motifs is 2. The van der Waals surface area contributed by atoms with Crippen LogP contribution in [0.1, 0.15) is 22.9 Å². The van der Waals surface area contributed by atoms with Gasteiger partial charge in [0.2, 0.25) is 0 Å². The molecular weight excluding hydrogens is 352 g/mol. The Hall–Kier alpha value is -3.31. The molecule has 1 unspecified atom stereocenters. The maximum atomic E-state index is 12.4. The first-order chi connectivity index (χ1) is 12.4. The van der Waals surface area contributed by atoms with Gasteiger partial charge in [0.05, 0.1) is 27.6 Å². The van der Waals surface area contributed by atoms with Gasteiger partial charge in [0.1, 0.15) is 11.7 Å². The molecule has 0 fully saturated rings.